The van der Waals surface area contributed by atoms with E-state index >= 15 is 0 Å². The van der Waals surface area contributed by atoms with Crippen molar-refractivity contribution in [3.63, 3.8) is 0 Å². The molecule has 1 aromatic carbocycles. The average Bonchev–Trinajstić information content (AvgIpc) is 2.45. The van der Waals surface area contributed by atoms with Gasteiger partial charge in [0.1, 0.15) is 5.75 Å². The molecule has 1 atom stereocenters. The van der Waals surface area contributed by atoms with Crippen LogP contribution < -0.4 is 4.74 Å². The molecule has 19 heavy (non-hydrogen) atoms. The number of rotatable bonds is 5. The number of hydrogen-bond donors (Lipinski definition) is 1. The number of hydrogen-bond acceptors (Lipinski definition) is 2. The summed E-state index contributed by atoms with van der Waals surface area (Å²) in [5, 5.41) is 8.99. The van der Waals surface area contributed by atoms with Crippen LogP contribution in [0, 0.1) is 5.92 Å². The van der Waals surface area contributed by atoms with Gasteiger partial charge in [-0.2, -0.15) is 0 Å². The molecular weight excluding hydrogens is 240 g/mol. The van der Waals surface area contributed by atoms with Gasteiger partial charge in [0.15, 0.2) is 0 Å². The normalized spacial score (nSPS) is 18.8. The lowest BCUT2D eigenvalue weighted by Crippen LogP contribution is -2.15. The fraction of sp³-hybridized carbons (Fsp3) is 0.438. The molecule has 3 nitrogen and oxygen atoms in total. The number of ether oxygens (including phenoxy) is 1. The molecule has 0 spiro atoms. The Morgan fingerprint density at radius 1 is 1.47 bits per heavy atom. The first-order valence-electron chi connectivity index (χ1n) is 6.85. The number of carboxylic acids is 1. The number of carboxylic acid groups (broad SMARTS) is 1. The predicted molar refractivity (Wildman–Crippen MR) is 75.2 cm³/mol. The van der Waals surface area contributed by atoms with E-state index in [9.17, 15) is 4.79 Å². The van der Waals surface area contributed by atoms with E-state index in [4.69, 9.17) is 9.84 Å². The van der Waals surface area contributed by atoms with Crippen molar-refractivity contribution in [3.8, 4) is 5.75 Å². The Morgan fingerprint density at radius 3 is 2.95 bits per heavy atom. The standard InChI is InChI=1S/C16H20O3/c1-2-10-19-15-5-3-4-14(11-15)12-6-8-13(9-7-12)16(17)18/h3-6,11,13H,2,7-10H2,1H3,(H,17,18). The zero-order valence-electron chi connectivity index (χ0n) is 11.3. The van der Waals surface area contributed by atoms with Crippen molar-refractivity contribution < 1.29 is 14.6 Å². The first kappa shape index (κ1) is 13.7. The zero-order chi connectivity index (χ0) is 13.7. The molecule has 0 heterocycles. The van der Waals surface area contributed by atoms with Crippen LogP contribution >= 0.6 is 0 Å². The van der Waals surface area contributed by atoms with Crippen molar-refractivity contribution in [1.29, 1.82) is 0 Å². The predicted octanol–water partition coefficient (Wildman–Crippen LogP) is 3.74. The smallest absolute Gasteiger partial charge is 0.306 e. The van der Waals surface area contributed by atoms with Crippen LogP contribution in [-0.4, -0.2) is 17.7 Å². The quantitative estimate of drug-likeness (QED) is 0.877. The second kappa shape index (κ2) is 6.41. The van der Waals surface area contributed by atoms with Crippen LogP contribution in [0.3, 0.4) is 0 Å². The van der Waals surface area contributed by atoms with Crippen LogP contribution in [0.4, 0.5) is 0 Å². The molecule has 1 aliphatic carbocycles. The summed E-state index contributed by atoms with van der Waals surface area (Å²) in [4.78, 5) is 10.9. The molecular formula is C16H20O3. The highest BCUT2D eigenvalue weighted by atomic mass is 16.5. The van der Waals surface area contributed by atoms with E-state index in [1.165, 1.54) is 5.57 Å². The van der Waals surface area contributed by atoms with Gasteiger partial charge in [-0.15, -0.1) is 0 Å². The molecule has 1 aromatic rings. The molecule has 0 radical (unpaired) electrons. The summed E-state index contributed by atoms with van der Waals surface area (Å²) in [6.07, 6.45) is 5.23. The van der Waals surface area contributed by atoms with Crippen LogP contribution in [-0.2, 0) is 4.79 Å². The first-order valence-corrected chi connectivity index (χ1v) is 6.85. The lowest BCUT2D eigenvalue weighted by molar-refractivity contribution is -0.141. The van der Waals surface area contributed by atoms with E-state index in [1.54, 1.807) is 0 Å². The molecule has 1 aliphatic rings. The molecule has 0 saturated carbocycles. The molecule has 3 heteroatoms. The van der Waals surface area contributed by atoms with E-state index in [2.05, 4.69) is 19.1 Å². The first-order chi connectivity index (χ1) is 9.20. The lowest BCUT2D eigenvalue weighted by atomic mass is 9.86. The maximum Gasteiger partial charge on any atom is 0.306 e. The van der Waals surface area contributed by atoms with Gasteiger partial charge in [-0.05, 0) is 49.0 Å². The molecule has 0 aromatic heterocycles. The van der Waals surface area contributed by atoms with Crippen LogP contribution in [0.5, 0.6) is 5.75 Å². The number of carbonyl (C=O) groups is 1. The highest BCUT2D eigenvalue weighted by molar-refractivity contribution is 5.74. The second-order valence-electron chi connectivity index (χ2n) is 4.92. The summed E-state index contributed by atoms with van der Waals surface area (Å²) in [5.74, 6) is -0.0146. The van der Waals surface area contributed by atoms with Crippen LogP contribution in [0.15, 0.2) is 30.3 Å². The summed E-state index contributed by atoms with van der Waals surface area (Å²) in [6, 6.07) is 8.06. The van der Waals surface area contributed by atoms with Gasteiger partial charge in [-0.25, -0.2) is 0 Å². The molecule has 102 valence electrons. The van der Waals surface area contributed by atoms with Crippen LogP contribution in [0.25, 0.3) is 5.57 Å². The Balaban J connectivity index is 2.08. The van der Waals surface area contributed by atoms with Crippen LogP contribution in [0.1, 0.15) is 38.2 Å². The SMILES string of the molecule is CCCOc1cccc(C2=CCC(C(=O)O)CC2)c1. The summed E-state index contributed by atoms with van der Waals surface area (Å²) >= 11 is 0. The van der Waals surface area contributed by atoms with E-state index in [-0.39, 0.29) is 5.92 Å². The fourth-order valence-electron chi connectivity index (χ4n) is 2.33. The minimum Gasteiger partial charge on any atom is -0.494 e. The highest BCUT2D eigenvalue weighted by Crippen LogP contribution is 2.31. The van der Waals surface area contributed by atoms with Gasteiger partial charge in [0, 0.05) is 0 Å². The molecule has 0 aliphatic heterocycles. The van der Waals surface area contributed by atoms with Gasteiger partial charge in [0.2, 0.25) is 0 Å². The minimum atomic E-state index is -0.685. The van der Waals surface area contributed by atoms with Crippen molar-refractivity contribution in [3.05, 3.63) is 35.9 Å². The monoisotopic (exact) mass is 260 g/mol. The van der Waals surface area contributed by atoms with Gasteiger partial charge in [-0.3, -0.25) is 4.79 Å². The van der Waals surface area contributed by atoms with Gasteiger partial charge >= 0.3 is 5.97 Å². The molecule has 0 saturated heterocycles. The lowest BCUT2D eigenvalue weighted by Gasteiger charge is -2.19. The van der Waals surface area contributed by atoms with Crippen molar-refractivity contribution in [1.82, 2.24) is 0 Å². The van der Waals surface area contributed by atoms with Gasteiger partial charge in [-0.1, -0.05) is 25.1 Å². The molecule has 1 unspecified atom stereocenters. The molecule has 1 N–H and O–H groups in total. The molecule has 0 amide bonds. The fourth-order valence-corrected chi connectivity index (χ4v) is 2.33. The topological polar surface area (TPSA) is 46.5 Å². The summed E-state index contributed by atoms with van der Waals surface area (Å²) < 4.78 is 5.62. The maximum absolute atomic E-state index is 10.9. The van der Waals surface area contributed by atoms with Gasteiger partial charge < -0.3 is 9.84 Å². The Hall–Kier alpha value is -1.77. The van der Waals surface area contributed by atoms with Crippen molar-refractivity contribution >= 4 is 11.5 Å². The number of allylic oxidation sites excluding steroid dienone is 2. The summed E-state index contributed by atoms with van der Waals surface area (Å²) in [5.41, 5.74) is 2.39. The maximum atomic E-state index is 10.9. The Labute approximate surface area is 113 Å². The van der Waals surface area contributed by atoms with Crippen molar-refractivity contribution in [2.24, 2.45) is 5.92 Å². The second-order valence-corrected chi connectivity index (χ2v) is 4.92. The van der Waals surface area contributed by atoms with E-state index in [0.717, 1.165) is 37.2 Å². The van der Waals surface area contributed by atoms with E-state index < -0.39 is 5.97 Å². The minimum absolute atomic E-state index is 0.219. The molecule has 0 bridgehead atoms. The average molecular weight is 260 g/mol. The third-order valence-corrected chi connectivity index (χ3v) is 3.44. The zero-order valence-corrected chi connectivity index (χ0v) is 11.3. The summed E-state index contributed by atoms with van der Waals surface area (Å²) in [7, 11) is 0. The third-order valence-electron chi connectivity index (χ3n) is 3.44. The Bertz CT molecular complexity index is 477. The largest absolute Gasteiger partial charge is 0.494 e. The van der Waals surface area contributed by atoms with E-state index in [1.807, 2.05) is 18.2 Å². The number of aliphatic carboxylic acids is 1. The Kier molecular flexibility index (Phi) is 4.61. The van der Waals surface area contributed by atoms with Crippen molar-refractivity contribution in [2.45, 2.75) is 32.6 Å². The van der Waals surface area contributed by atoms with E-state index in [0.29, 0.717) is 6.42 Å². The Morgan fingerprint density at radius 2 is 2.32 bits per heavy atom. The summed E-state index contributed by atoms with van der Waals surface area (Å²) in [6.45, 7) is 2.81. The number of benzene rings is 1. The molecule has 0 fully saturated rings. The van der Waals surface area contributed by atoms with Crippen LogP contribution in [0.2, 0.25) is 0 Å². The van der Waals surface area contributed by atoms with Crippen molar-refractivity contribution in [2.75, 3.05) is 6.61 Å². The molecule has 2 rings (SSSR count). The van der Waals surface area contributed by atoms with Gasteiger partial charge in [0.05, 0.1) is 12.5 Å². The van der Waals surface area contributed by atoms with Gasteiger partial charge in [0.25, 0.3) is 0 Å². The highest BCUT2D eigenvalue weighted by Gasteiger charge is 2.21. The third kappa shape index (κ3) is 3.60.